The summed E-state index contributed by atoms with van der Waals surface area (Å²) in [5, 5.41) is 0. The minimum absolute atomic E-state index is 0. The van der Waals surface area contributed by atoms with Crippen LogP contribution in [0.2, 0.25) is 0 Å². The van der Waals surface area contributed by atoms with Crippen LogP contribution in [0.15, 0.2) is 18.5 Å². The summed E-state index contributed by atoms with van der Waals surface area (Å²) in [6.45, 7) is 5.52. The van der Waals surface area contributed by atoms with Crippen LogP contribution in [0.3, 0.4) is 0 Å². The van der Waals surface area contributed by atoms with Crippen molar-refractivity contribution in [2.45, 2.75) is 32.8 Å². The first-order valence-electron chi connectivity index (χ1n) is 4.24. The summed E-state index contributed by atoms with van der Waals surface area (Å²) in [4.78, 5) is 12.8. The van der Waals surface area contributed by atoms with Gasteiger partial charge in [-0.05, 0) is 20.8 Å². The molecule has 14 heavy (non-hydrogen) atoms. The molecule has 0 atom stereocenters. The van der Waals surface area contributed by atoms with Gasteiger partial charge >= 0.3 is 25.0 Å². The van der Waals surface area contributed by atoms with Crippen LogP contribution in [0.1, 0.15) is 27.2 Å². The van der Waals surface area contributed by atoms with Crippen LogP contribution in [-0.4, -0.2) is 16.6 Å². The standard InChI is InChI=1S/C10H14NO2.Li/c1-10(2,3)13-9(12)11-7-5-4-6-8-11;/h5,7-8H,4H2,1-3H3;/q-1;+1. The maximum Gasteiger partial charge on any atom is 1.00 e. The van der Waals surface area contributed by atoms with Gasteiger partial charge in [-0.25, -0.2) is 4.79 Å². The fourth-order valence-electron chi connectivity index (χ4n) is 0.857. The molecule has 0 radical (unpaired) electrons. The molecule has 0 spiro atoms. The zero-order valence-electron chi connectivity index (χ0n) is 9.20. The third-order valence-corrected chi connectivity index (χ3v) is 1.34. The second kappa shape index (κ2) is 5.28. The van der Waals surface area contributed by atoms with Crippen LogP contribution in [0.5, 0.6) is 0 Å². The fraction of sp³-hybridized carbons (Fsp3) is 0.500. The quantitative estimate of drug-likeness (QED) is 0.376. The summed E-state index contributed by atoms with van der Waals surface area (Å²) in [7, 11) is 0. The topological polar surface area (TPSA) is 29.5 Å². The third-order valence-electron chi connectivity index (χ3n) is 1.34. The predicted molar refractivity (Wildman–Crippen MR) is 49.6 cm³/mol. The van der Waals surface area contributed by atoms with E-state index in [4.69, 9.17) is 4.74 Å². The van der Waals surface area contributed by atoms with Crippen LogP contribution in [-0.2, 0) is 4.74 Å². The number of allylic oxidation sites excluding steroid dienone is 2. The molecule has 3 nitrogen and oxygen atoms in total. The molecule has 1 aliphatic heterocycles. The minimum atomic E-state index is -0.448. The molecular weight excluding hydrogens is 173 g/mol. The molecule has 0 aromatic heterocycles. The number of hydrogen-bond acceptors (Lipinski definition) is 2. The van der Waals surface area contributed by atoms with E-state index >= 15 is 0 Å². The van der Waals surface area contributed by atoms with Gasteiger partial charge in [0, 0.05) is 6.20 Å². The fourth-order valence-corrected chi connectivity index (χ4v) is 0.857. The number of carbonyl (C=O) groups is 1. The van der Waals surface area contributed by atoms with E-state index in [9.17, 15) is 4.79 Å². The van der Waals surface area contributed by atoms with E-state index in [1.54, 1.807) is 12.4 Å². The molecule has 0 unspecified atom stereocenters. The molecule has 0 saturated heterocycles. The van der Waals surface area contributed by atoms with E-state index in [1.165, 1.54) is 4.90 Å². The van der Waals surface area contributed by atoms with Gasteiger partial charge in [-0.1, -0.05) is 6.08 Å². The summed E-state index contributed by atoms with van der Waals surface area (Å²) in [6, 6.07) is 0. The Morgan fingerprint density at radius 1 is 1.50 bits per heavy atom. The largest absolute Gasteiger partial charge is 1.00 e. The zero-order valence-corrected chi connectivity index (χ0v) is 9.20. The van der Waals surface area contributed by atoms with Gasteiger partial charge in [-0.2, -0.15) is 12.6 Å². The molecule has 72 valence electrons. The van der Waals surface area contributed by atoms with Crippen molar-refractivity contribution in [2.24, 2.45) is 0 Å². The summed E-state index contributed by atoms with van der Waals surface area (Å²) < 4.78 is 5.14. The summed E-state index contributed by atoms with van der Waals surface area (Å²) >= 11 is 0. The van der Waals surface area contributed by atoms with Gasteiger partial charge in [0.15, 0.2) is 0 Å². The van der Waals surface area contributed by atoms with E-state index in [2.05, 4.69) is 6.08 Å². The molecule has 0 N–H and O–H groups in total. The molecular formula is C10H14LiNO2. The molecule has 0 bridgehead atoms. The van der Waals surface area contributed by atoms with Crippen molar-refractivity contribution in [3.63, 3.8) is 0 Å². The molecule has 1 rings (SSSR count). The van der Waals surface area contributed by atoms with Gasteiger partial charge in [0.05, 0.1) is 0 Å². The van der Waals surface area contributed by atoms with E-state index < -0.39 is 5.60 Å². The summed E-state index contributed by atoms with van der Waals surface area (Å²) in [6.07, 6.45) is 8.43. The SMILES string of the molecule is CC(C)(C)OC(=O)N1C=[C-]CC=C1.[Li+]. The molecule has 0 aromatic carbocycles. The Morgan fingerprint density at radius 2 is 2.14 bits per heavy atom. The predicted octanol–water partition coefficient (Wildman–Crippen LogP) is -0.538. The smallest absolute Gasteiger partial charge is 0.475 e. The number of rotatable bonds is 0. The van der Waals surface area contributed by atoms with Crippen molar-refractivity contribution in [1.29, 1.82) is 0 Å². The normalized spacial score (nSPS) is 14.9. The second-order valence-corrected chi connectivity index (χ2v) is 3.81. The minimum Gasteiger partial charge on any atom is -0.475 e. The van der Waals surface area contributed by atoms with Crippen LogP contribution < -0.4 is 18.9 Å². The third kappa shape index (κ3) is 4.55. The van der Waals surface area contributed by atoms with Gasteiger partial charge in [0.25, 0.3) is 0 Å². The number of nitrogens with zero attached hydrogens (tertiary/aromatic N) is 1. The molecule has 0 saturated carbocycles. The van der Waals surface area contributed by atoms with Crippen molar-refractivity contribution >= 4 is 6.09 Å². The Morgan fingerprint density at radius 3 is 2.57 bits per heavy atom. The van der Waals surface area contributed by atoms with Gasteiger partial charge < -0.3 is 10.8 Å². The van der Waals surface area contributed by atoms with Crippen LogP contribution in [0, 0.1) is 6.08 Å². The maximum atomic E-state index is 11.4. The van der Waals surface area contributed by atoms with Crippen LogP contribution >= 0.6 is 0 Å². The van der Waals surface area contributed by atoms with Crippen molar-refractivity contribution in [1.82, 2.24) is 4.90 Å². The van der Waals surface area contributed by atoms with Crippen molar-refractivity contribution in [2.75, 3.05) is 0 Å². The number of carbonyl (C=O) groups excluding carboxylic acids is 1. The summed E-state index contributed by atoms with van der Waals surface area (Å²) in [5.41, 5.74) is -0.448. The second-order valence-electron chi connectivity index (χ2n) is 3.81. The zero-order chi connectivity index (χ0) is 9.90. The average molecular weight is 187 g/mol. The van der Waals surface area contributed by atoms with Gasteiger partial charge in [-0.3, -0.25) is 4.90 Å². The molecule has 0 aliphatic carbocycles. The van der Waals surface area contributed by atoms with E-state index in [-0.39, 0.29) is 25.0 Å². The Kier molecular flexibility index (Phi) is 5.04. The van der Waals surface area contributed by atoms with E-state index in [0.717, 1.165) is 6.42 Å². The van der Waals surface area contributed by atoms with Crippen molar-refractivity contribution < 1.29 is 28.4 Å². The monoisotopic (exact) mass is 187 g/mol. The Bertz CT molecular complexity index is 241. The maximum absolute atomic E-state index is 11.4. The van der Waals surface area contributed by atoms with Crippen LogP contribution in [0.4, 0.5) is 4.79 Å². The number of ether oxygens (including phenoxy) is 1. The van der Waals surface area contributed by atoms with Gasteiger partial charge in [0.2, 0.25) is 0 Å². The molecule has 4 heteroatoms. The first kappa shape index (κ1) is 13.3. The van der Waals surface area contributed by atoms with E-state index in [0.29, 0.717) is 0 Å². The van der Waals surface area contributed by atoms with Gasteiger partial charge in [-0.15, -0.1) is 0 Å². The molecule has 0 fully saturated rings. The van der Waals surface area contributed by atoms with Gasteiger partial charge in [0.1, 0.15) is 5.60 Å². The first-order chi connectivity index (χ1) is 5.99. The van der Waals surface area contributed by atoms with Crippen LogP contribution in [0.25, 0.3) is 0 Å². The molecule has 1 amide bonds. The first-order valence-corrected chi connectivity index (χ1v) is 4.24. The average Bonchev–Trinajstić information content (AvgIpc) is 2.03. The Balaban J connectivity index is 0.00000169. The Hall–Kier alpha value is -0.653. The Labute approximate surface area is 97.0 Å². The van der Waals surface area contributed by atoms with Crippen molar-refractivity contribution in [3.8, 4) is 0 Å². The molecule has 0 aromatic rings. The summed E-state index contributed by atoms with van der Waals surface area (Å²) in [5.74, 6) is 0. The van der Waals surface area contributed by atoms with Crippen molar-refractivity contribution in [3.05, 3.63) is 24.6 Å². The number of amides is 1. The number of hydrogen-bond donors (Lipinski definition) is 0. The molecule has 1 aliphatic rings. The molecule has 1 heterocycles. The van der Waals surface area contributed by atoms with E-state index in [1.807, 2.05) is 26.8 Å².